The molecule has 0 radical (unpaired) electrons. The second-order valence-corrected chi connectivity index (χ2v) is 13.8. The van der Waals surface area contributed by atoms with Gasteiger partial charge in [-0.15, -0.1) is 12.8 Å². The number of carbonyl (C=O) groups excluding carboxylic acids is 2. The fourth-order valence-electron chi connectivity index (χ4n) is 9.79. The highest BCUT2D eigenvalue weighted by atomic mass is 32.1. The standard InChI is InChI=1S/C30H48O5S.2C2H6.C2H2/c1-7-8-19-21(10-14-30(27(33)35-34)15-24(32)25(17(2)3)26(19)30)28(5)12-9-22-20(16-36)23(31)11-13-29(22,6)18(28)4;3*1-2/h17-23,31,34,36H,7-16H2,1-6H3;2*1-2H3;1-2H. The zero-order valence-electron chi connectivity index (χ0n) is 28.3. The molecule has 0 aromatic heterocycles. The van der Waals surface area contributed by atoms with Gasteiger partial charge in [0.2, 0.25) is 0 Å². The SMILES string of the molecule is C#C.CC.CC.CCCC1C2=C(C(C)C)C(=O)CC2(C(=O)OO)CCC1C1(C)CCC2C(CS)C(O)CCC2(C)C1C. The number of hydrogen-bond acceptors (Lipinski definition) is 6. The van der Waals surface area contributed by atoms with Crippen LogP contribution in [0.5, 0.6) is 0 Å². The first-order valence-electron chi connectivity index (χ1n) is 16.7. The quantitative estimate of drug-likeness (QED) is 0.122. The van der Waals surface area contributed by atoms with Gasteiger partial charge in [-0.3, -0.25) is 4.79 Å². The third-order valence-electron chi connectivity index (χ3n) is 11.8. The molecule has 0 aromatic rings. The van der Waals surface area contributed by atoms with E-state index >= 15 is 0 Å². The molecule has 42 heavy (non-hydrogen) atoms. The Bertz CT molecular complexity index is 956. The minimum atomic E-state index is -1.01. The average Bonchev–Trinajstić information content (AvgIpc) is 3.32. The molecule has 0 aromatic carbocycles. The van der Waals surface area contributed by atoms with Gasteiger partial charge in [0.25, 0.3) is 0 Å². The van der Waals surface area contributed by atoms with Crippen molar-refractivity contribution in [2.75, 3.05) is 5.75 Å². The first kappa shape index (κ1) is 38.7. The number of Topliss-reactive ketones (excluding diaryl/α,β-unsaturated/α-hetero) is 1. The summed E-state index contributed by atoms with van der Waals surface area (Å²) in [7, 11) is 0. The predicted molar refractivity (Wildman–Crippen MR) is 177 cm³/mol. The lowest BCUT2D eigenvalue weighted by molar-refractivity contribution is -0.245. The molecule has 6 heteroatoms. The van der Waals surface area contributed by atoms with Crippen LogP contribution in [0.1, 0.15) is 127 Å². The van der Waals surface area contributed by atoms with Crippen LogP contribution in [0.25, 0.3) is 0 Å². The van der Waals surface area contributed by atoms with Crippen LogP contribution >= 0.6 is 12.6 Å². The molecule has 9 unspecified atom stereocenters. The lowest BCUT2D eigenvalue weighted by atomic mass is 9.41. The lowest BCUT2D eigenvalue weighted by Crippen LogP contribution is -2.58. The first-order chi connectivity index (χ1) is 19.9. The van der Waals surface area contributed by atoms with Crippen LogP contribution in [-0.2, 0) is 14.5 Å². The van der Waals surface area contributed by atoms with Gasteiger partial charge >= 0.3 is 5.97 Å². The Morgan fingerprint density at radius 2 is 1.55 bits per heavy atom. The van der Waals surface area contributed by atoms with Gasteiger partial charge in [0.15, 0.2) is 5.78 Å². The van der Waals surface area contributed by atoms with Crippen LogP contribution in [-0.4, -0.2) is 34.0 Å². The van der Waals surface area contributed by atoms with E-state index in [2.05, 4.69) is 71.9 Å². The van der Waals surface area contributed by atoms with Crippen molar-refractivity contribution in [2.45, 2.75) is 133 Å². The van der Waals surface area contributed by atoms with Crippen LogP contribution in [0, 0.1) is 64.6 Å². The molecule has 4 aliphatic carbocycles. The third-order valence-corrected chi connectivity index (χ3v) is 12.2. The van der Waals surface area contributed by atoms with Crippen molar-refractivity contribution in [3.63, 3.8) is 0 Å². The molecule has 2 N–H and O–H groups in total. The van der Waals surface area contributed by atoms with Gasteiger partial charge in [-0.1, -0.05) is 75.7 Å². The zero-order chi connectivity index (χ0) is 32.6. The molecule has 0 aliphatic heterocycles. The van der Waals surface area contributed by atoms with Gasteiger partial charge in [-0.05, 0) is 108 Å². The molecule has 4 rings (SSSR count). The second kappa shape index (κ2) is 16.1. The maximum atomic E-state index is 13.3. The number of carbonyl (C=O) groups is 2. The molecule has 3 fully saturated rings. The number of allylic oxidation sites excluding steroid dienone is 1. The molecule has 3 saturated carbocycles. The Hall–Kier alpha value is -1.29. The summed E-state index contributed by atoms with van der Waals surface area (Å²) in [5, 5.41) is 20.2. The highest BCUT2D eigenvalue weighted by molar-refractivity contribution is 7.80. The highest BCUT2D eigenvalue weighted by Gasteiger charge is 2.64. The monoisotopic (exact) mass is 606 g/mol. The summed E-state index contributed by atoms with van der Waals surface area (Å²) >= 11 is 4.65. The van der Waals surface area contributed by atoms with Gasteiger partial charge in [0.1, 0.15) is 5.41 Å². The first-order valence-corrected chi connectivity index (χ1v) is 17.3. The van der Waals surface area contributed by atoms with E-state index in [9.17, 15) is 20.0 Å². The summed E-state index contributed by atoms with van der Waals surface area (Å²) in [5.74, 6) is 1.82. The third kappa shape index (κ3) is 6.40. The van der Waals surface area contributed by atoms with E-state index in [4.69, 9.17) is 0 Å². The van der Waals surface area contributed by atoms with E-state index in [-0.39, 0.29) is 46.9 Å². The van der Waals surface area contributed by atoms with Crippen LogP contribution in [0.4, 0.5) is 0 Å². The zero-order valence-corrected chi connectivity index (χ0v) is 29.2. The summed E-state index contributed by atoms with van der Waals surface area (Å²) in [6, 6.07) is 0. The number of ketones is 1. The summed E-state index contributed by atoms with van der Waals surface area (Å²) < 4.78 is 0. The Balaban J connectivity index is 0.00000138. The number of thiol groups is 1. The molecule has 0 saturated heterocycles. The molecule has 5 nitrogen and oxygen atoms in total. The van der Waals surface area contributed by atoms with Gasteiger partial charge < -0.3 is 9.99 Å². The summed E-state index contributed by atoms with van der Waals surface area (Å²) in [6.45, 7) is 21.6. The van der Waals surface area contributed by atoms with E-state index in [0.717, 1.165) is 61.8 Å². The maximum Gasteiger partial charge on any atom is 0.352 e. The molecule has 0 amide bonds. The van der Waals surface area contributed by atoms with Gasteiger partial charge in [-0.25, -0.2) is 4.79 Å². The summed E-state index contributed by atoms with van der Waals surface area (Å²) in [4.78, 5) is 30.8. The predicted octanol–water partition coefficient (Wildman–Crippen LogP) is 8.80. The Labute approximate surface area is 263 Å². The molecular formula is C36H62O5S. The van der Waals surface area contributed by atoms with Crippen molar-refractivity contribution in [3.8, 4) is 12.8 Å². The van der Waals surface area contributed by atoms with Crippen molar-refractivity contribution in [3.05, 3.63) is 11.1 Å². The number of aliphatic hydroxyl groups excluding tert-OH is 1. The van der Waals surface area contributed by atoms with E-state index in [1.165, 1.54) is 0 Å². The molecule has 4 aliphatic rings. The molecule has 0 spiro atoms. The normalized spacial score (nSPS) is 38.9. The molecule has 0 bridgehead atoms. The highest BCUT2D eigenvalue weighted by Crippen LogP contribution is 2.68. The van der Waals surface area contributed by atoms with Crippen molar-refractivity contribution in [1.82, 2.24) is 0 Å². The van der Waals surface area contributed by atoms with E-state index in [0.29, 0.717) is 24.2 Å². The van der Waals surface area contributed by atoms with Crippen LogP contribution in [0.3, 0.4) is 0 Å². The fourth-order valence-corrected chi connectivity index (χ4v) is 10.3. The van der Waals surface area contributed by atoms with Crippen LogP contribution < -0.4 is 0 Å². The largest absolute Gasteiger partial charge is 0.393 e. The van der Waals surface area contributed by atoms with E-state index < -0.39 is 11.4 Å². The number of hydrogen-bond donors (Lipinski definition) is 3. The molecular weight excluding hydrogens is 544 g/mol. The summed E-state index contributed by atoms with van der Waals surface area (Å²) in [5.41, 5.74) is 0.998. The number of fused-ring (bicyclic) bond motifs is 2. The fraction of sp³-hybridized carbons (Fsp3) is 0.833. The Morgan fingerprint density at radius 1 is 1.02 bits per heavy atom. The number of aliphatic hydroxyl groups is 1. The number of rotatable bonds is 6. The molecule has 9 atom stereocenters. The minimum Gasteiger partial charge on any atom is -0.393 e. The van der Waals surface area contributed by atoms with Gasteiger partial charge in [0, 0.05) is 6.42 Å². The van der Waals surface area contributed by atoms with Crippen molar-refractivity contribution >= 4 is 24.4 Å². The van der Waals surface area contributed by atoms with Gasteiger partial charge in [-0.2, -0.15) is 17.9 Å². The Morgan fingerprint density at radius 3 is 2.05 bits per heavy atom. The maximum absolute atomic E-state index is 13.3. The smallest absolute Gasteiger partial charge is 0.352 e. The van der Waals surface area contributed by atoms with E-state index in [1.807, 2.05) is 27.7 Å². The molecule has 0 heterocycles. The van der Waals surface area contributed by atoms with E-state index in [1.54, 1.807) is 0 Å². The van der Waals surface area contributed by atoms with Gasteiger partial charge in [0.05, 0.1) is 6.10 Å². The topological polar surface area (TPSA) is 83.8 Å². The average molecular weight is 607 g/mol. The minimum absolute atomic E-state index is 0.0356. The van der Waals surface area contributed by atoms with Crippen LogP contribution in [0.2, 0.25) is 0 Å². The summed E-state index contributed by atoms with van der Waals surface area (Å²) in [6.07, 6.45) is 15.3. The van der Waals surface area contributed by atoms with Crippen LogP contribution in [0.15, 0.2) is 11.1 Å². The Kier molecular flexibility index (Phi) is 14.9. The van der Waals surface area contributed by atoms with Crippen molar-refractivity contribution in [1.29, 1.82) is 0 Å². The van der Waals surface area contributed by atoms with Crippen molar-refractivity contribution < 1.29 is 24.8 Å². The number of terminal acetylenes is 1. The van der Waals surface area contributed by atoms with Crippen molar-refractivity contribution in [2.24, 2.45) is 51.8 Å². The lowest BCUT2D eigenvalue weighted by Gasteiger charge is -2.64. The second-order valence-electron chi connectivity index (χ2n) is 13.4. The molecule has 242 valence electrons.